The summed E-state index contributed by atoms with van der Waals surface area (Å²) in [6.07, 6.45) is 7.50. The topological polar surface area (TPSA) is 51.2 Å². The van der Waals surface area contributed by atoms with Gasteiger partial charge < -0.3 is 0 Å². The van der Waals surface area contributed by atoms with E-state index in [2.05, 4.69) is 13.8 Å². The maximum atomic E-state index is 13.1. The van der Waals surface area contributed by atoms with Crippen LogP contribution in [-0.4, -0.2) is 21.9 Å². The van der Waals surface area contributed by atoms with E-state index in [1.165, 1.54) is 11.8 Å². The summed E-state index contributed by atoms with van der Waals surface area (Å²) >= 11 is 1.44. The van der Waals surface area contributed by atoms with E-state index in [1.54, 1.807) is 6.92 Å². The summed E-state index contributed by atoms with van der Waals surface area (Å²) < 4.78 is 0. The first kappa shape index (κ1) is 17.8. The van der Waals surface area contributed by atoms with Gasteiger partial charge in [-0.1, -0.05) is 25.6 Å². The molecule has 0 amide bonds. The number of rotatable bonds is 1. The standard InChI is InChI=1S/C21H30O3S/c1-12(22)25-13-6-8-20(2)16-7-9-21(3)15(4-5-19(21)24)14(16)11-18(23)17(20)10-13/h13-17H,4-11H2,1-3H3/t13?,14-,15-,16-,17?,20+,21-/m0/s1. The third-order valence-electron chi connectivity index (χ3n) is 8.45. The van der Waals surface area contributed by atoms with Crippen LogP contribution in [0.15, 0.2) is 0 Å². The van der Waals surface area contributed by atoms with E-state index in [0.717, 1.165) is 44.9 Å². The minimum absolute atomic E-state index is 0.0841. The van der Waals surface area contributed by atoms with Crippen molar-refractivity contribution in [2.75, 3.05) is 0 Å². The highest BCUT2D eigenvalue weighted by Gasteiger charge is 2.62. The monoisotopic (exact) mass is 362 g/mol. The quantitative estimate of drug-likeness (QED) is 0.692. The molecule has 4 aliphatic rings. The molecule has 138 valence electrons. The van der Waals surface area contributed by atoms with Crippen LogP contribution in [0.1, 0.15) is 72.1 Å². The van der Waals surface area contributed by atoms with Crippen LogP contribution < -0.4 is 0 Å². The van der Waals surface area contributed by atoms with Gasteiger partial charge in [0.1, 0.15) is 11.6 Å². The maximum Gasteiger partial charge on any atom is 0.186 e. The van der Waals surface area contributed by atoms with Crippen molar-refractivity contribution in [1.29, 1.82) is 0 Å². The third kappa shape index (κ3) is 2.57. The molecule has 4 fully saturated rings. The van der Waals surface area contributed by atoms with Crippen molar-refractivity contribution in [3.63, 3.8) is 0 Å². The van der Waals surface area contributed by atoms with Gasteiger partial charge in [0.05, 0.1) is 0 Å². The predicted molar refractivity (Wildman–Crippen MR) is 99.2 cm³/mol. The molecule has 2 unspecified atom stereocenters. The van der Waals surface area contributed by atoms with Gasteiger partial charge in [-0.3, -0.25) is 14.4 Å². The zero-order valence-corrected chi connectivity index (χ0v) is 16.5. The van der Waals surface area contributed by atoms with Crippen molar-refractivity contribution in [3.05, 3.63) is 0 Å². The molecule has 0 radical (unpaired) electrons. The van der Waals surface area contributed by atoms with E-state index in [-0.39, 0.29) is 21.9 Å². The summed E-state index contributed by atoms with van der Waals surface area (Å²) in [5.74, 6) is 2.41. The summed E-state index contributed by atoms with van der Waals surface area (Å²) in [5, 5.41) is 0.491. The second-order valence-corrected chi connectivity index (χ2v) is 11.0. The fourth-order valence-electron chi connectivity index (χ4n) is 7.12. The van der Waals surface area contributed by atoms with E-state index in [1.807, 2.05) is 0 Å². The Labute approximate surface area is 155 Å². The lowest BCUT2D eigenvalue weighted by Crippen LogP contribution is -2.56. The number of ketones is 2. The van der Waals surface area contributed by atoms with E-state index in [0.29, 0.717) is 41.0 Å². The van der Waals surface area contributed by atoms with Gasteiger partial charge in [-0.2, -0.15) is 0 Å². The van der Waals surface area contributed by atoms with Gasteiger partial charge in [-0.25, -0.2) is 0 Å². The molecule has 4 saturated carbocycles. The average molecular weight is 363 g/mol. The molecule has 0 N–H and O–H groups in total. The number of fused-ring (bicyclic) bond motifs is 5. The fraction of sp³-hybridized carbons (Fsp3) is 0.857. The summed E-state index contributed by atoms with van der Waals surface area (Å²) in [4.78, 5) is 37.1. The van der Waals surface area contributed by atoms with Crippen molar-refractivity contribution in [2.45, 2.75) is 77.4 Å². The summed E-state index contributed by atoms with van der Waals surface area (Å²) in [6, 6.07) is 0. The molecule has 0 bridgehead atoms. The minimum Gasteiger partial charge on any atom is -0.299 e. The molecule has 0 aliphatic heterocycles. The van der Waals surface area contributed by atoms with Gasteiger partial charge in [-0.15, -0.1) is 0 Å². The predicted octanol–water partition coefficient (Wildman–Crippen LogP) is 4.43. The van der Waals surface area contributed by atoms with Crippen LogP contribution in [0.25, 0.3) is 0 Å². The Morgan fingerprint density at radius 1 is 1.08 bits per heavy atom. The number of Topliss-reactive ketones (excluding diaryl/α,β-unsaturated/α-hetero) is 2. The number of hydrogen-bond donors (Lipinski definition) is 0. The van der Waals surface area contributed by atoms with Crippen LogP contribution in [0.2, 0.25) is 0 Å². The smallest absolute Gasteiger partial charge is 0.186 e. The SMILES string of the molecule is CC(=O)SC1CC[C@@]2(C)C(C1)C(=O)C[C@@H]1[C@@H]2CC[C@]2(C)C(=O)CC[C@@H]12. The van der Waals surface area contributed by atoms with Crippen LogP contribution in [0, 0.1) is 34.5 Å². The number of hydrogen-bond acceptors (Lipinski definition) is 4. The largest absolute Gasteiger partial charge is 0.299 e. The first-order valence-corrected chi connectivity index (χ1v) is 10.9. The molecule has 0 spiro atoms. The molecule has 25 heavy (non-hydrogen) atoms. The van der Waals surface area contributed by atoms with Crippen molar-refractivity contribution in [2.24, 2.45) is 34.5 Å². The molecule has 3 nitrogen and oxygen atoms in total. The summed E-state index contributed by atoms with van der Waals surface area (Å²) in [5.41, 5.74) is -0.0762. The highest BCUT2D eigenvalue weighted by Crippen LogP contribution is 2.65. The van der Waals surface area contributed by atoms with Crippen LogP contribution in [-0.2, 0) is 14.4 Å². The molecule has 0 aromatic carbocycles. The lowest BCUT2D eigenvalue weighted by atomic mass is 9.45. The molecule has 4 aliphatic carbocycles. The van der Waals surface area contributed by atoms with Gasteiger partial charge in [-0.05, 0) is 61.7 Å². The van der Waals surface area contributed by atoms with Crippen LogP contribution >= 0.6 is 11.8 Å². The van der Waals surface area contributed by atoms with Crippen LogP contribution in [0.5, 0.6) is 0 Å². The summed E-state index contributed by atoms with van der Waals surface area (Å²) in [6.45, 7) is 6.15. The number of thioether (sulfide) groups is 1. The van der Waals surface area contributed by atoms with E-state index in [4.69, 9.17) is 0 Å². The van der Waals surface area contributed by atoms with Crippen molar-refractivity contribution in [1.82, 2.24) is 0 Å². The first-order valence-electron chi connectivity index (χ1n) is 9.99. The first-order chi connectivity index (χ1) is 11.8. The molecular weight excluding hydrogens is 332 g/mol. The van der Waals surface area contributed by atoms with E-state index in [9.17, 15) is 14.4 Å². The Morgan fingerprint density at radius 3 is 2.56 bits per heavy atom. The Morgan fingerprint density at radius 2 is 1.84 bits per heavy atom. The molecule has 4 heteroatoms. The van der Waals surface area contributed by atoms with Crippen LogP contribution in [0.3, 0.4) is 0 Å². The Bertz CT molecular complexity index is 629. The Hall–Kier alpha value is -0.640. The minimum atomic E-state index is -0.160. The molecular formula is C21H30O3S. The number of carbonyl (C=O) groups is 3. The van der Waals surface area contributed by atoms with Gasteiger partial charge in [0.2, 0.25) is 0 Å². The average Bonchev–Trinajstić information content (AvgIpc) is 2.84. The lowest BCUT2D eigenvalue weighted by Gasteiger charge is -2.59. The van der Waals surface area contributed by atoms with Gasteiger partial charge >= 0.3 is 0 Å². The highest BCUT2D eigenvalue weighted by molar-refractivity contribution is 8.14. The van der Waals surface area contributed by atoms with Gasteiger partial charge in [0.25, 0.3) is 0 Å². The van der Waals surface area contributed by atoms with Gasteiger partial charge in [0, 0.05) is 36.3 Å². The molecule has 7 atom stereocenters. The third-order valence-corrected chi connectivity index (χ3v) is 9.54. The Kier molecular flexibility index (Phi) is 4.22. The van der Waals surface area contributed by atoms with Crippen molar-refractivity contribution >= 4 is 28.4 Å². The second-order valence-electron chi connectivity index (χ2n) is 9.53. The van der Waals surface area contributed by atoms with Gasteiger partial charge in [0.15, 0.2) is 5.12 Å². The molecule has 0 aromatic rings. The van der Waals surface area contributed by atoms with Crippen molar-refractivity contribution < 1.29 is 14.4 Å². The van der Waals surface area contributed by atoms with Crippen LogP contribution in [0.4, 0.5) is 0 Å². The van der Waals surface area contributed by atoms with E-state index < -0.39 is 0 Å². The Balaban J connectivity index is 1.60. The number of carbonyl (C=O) groups excluding carboxylic acids is 3. The molecule has 0 heterocycles. The zero-order valence-electron chi connectivity index (χ0n) is 15.7. The molecule has 0 aromatic heterocycles. The fourth-order valence-corrected chi connectivity index (χ4v) is 8.11. The van der Waals surface area contributed by atoms with Crippen molar-refractivity contribution in [3.8, 4) is 0 Å². The molecule has 0 saturated heterocycles. The lowest BCUT2D eigenvalue weighted by molar-refractivity contribution is -0.155. The maximum absolute atomic E-state index is 13.1. The van der Waals surface area contributed by atoms with E-state index >= 15 is 0 Å². The normalized spacial score (nSPS) is 49.3. The summed E-state index contributed by atoms with van der Waals surface area (Å²) in [7, 11) is 0. The zero-order chi connectivity index (χ0) is 18.0. The highest BCUT2D eigenvalue weighted by atomic mass is 32.2. The molecule has 4 rings (SSSR count). The second kappa shape index (κ2) is 5.94.